The summed E-state index contributed by atoms with van der Waals surface area (Å²) in [6.07, 6.45) is 0. The van der Waals surface area contributed by atoms with Crippen LogP contribution in [0.25, 0.3) is 0 Å². The molecule has 1 aromatic rings. The highest BCUT2D eigenvalue weighted by Crippen LogP contribution is 2.31. The Morgan fingerprint density at radius 3 is 2.95 bits per heavy atom. The smallest absolute Gasteiger partial charge is 0.159 e. The van der Waals surface area contributed by atoms with E-state index in [-0.39, 0.29) is 23.6 Å². The fraction of sp³-hybridized carbons (Fsp3) is 0.462. The number of hydrogen-bond donors (Lipinski definition) is 0. The molecule has 0 spiro atoms. The number of amidine groups is 1. The molecule has 1 aromatic carbocycles. The van der Waals surface area contributed by atoms with Gasteiger partial charge in [0.1, 0.15) is 0 Å². The fourth-order valence-electron chi connectivity index (χ4n) is 2.59. The molecule has 0 N–H and O–H groups in total. The molecule has 2 heterocycles. The number of likely N-dealkylation sites (N-methyl/N-ethyl adjacent to an activating group) is 1. The Bertz CT molecular complexity index is 660. The number of benzene rings is 1. The summed E-state index contributed by atoms with van der Waals surface area (Å²) >= 11 is 7.59. The number of halogens is 1. The fourth-order valence-corrected chi connectivity index (χ4v) is 5.75. The van der Waals surface area contributed by atoms with Crippen molar-refractivity contribution in [2.45, 2.75) is 17.8 Å². The Labute approximate surface area is 128 Å². The van der Waals surface area contributed by atoms with Crippen molar-refractivity contribution in [3.05, 3.63) is 34.9 Å². The van der Waals surface area contributed by atoms with Crippen LogP contribution in [-0.2, 0) is 15.6 Å². The summed E-state index contributed by atoms with van der Waals surface area (Å²) in [5.41, 5.74) is 1.14. The number of fused-ring (bicyclic) bond motifs is 1. The molecule has 0 aromatic heterocycles. The summed E-state index contributed by atoms with van der Waals surface area (Å²) in [7, 11) is -0.984. The van der Waals surface area contributed by atoms with Crippen molar-refractivity contribution in [2.75, 3.05) is 18.6 Å². The Hall–Kier alpha value is -0.720. The molecule has 1 fully saturated rings. The first kappa shape index (κ1) is 14.2. The van der Waals surface area contributed by atoms with Gasteiger partial charge >= 0.3 is 0 Å². The highest BCUT2D eigenvalue weighted by molar-refractivity contribution is 8.13. The van der Waals surface area contributed by atoms with Crippen LogP contribution in [0.5, 0.6) is 0 Å². The third kappa shape index (κ3) is 2.82. The first-order valence-corrected chi connectivity index (χ1v) is 9.51. The standard InChI is InChI=1S/C13H15ClN2O2S2/c1-16-12-8-20(17,18)7-11(12)15-13(16)19-6-9-3-2-4-10(14)5-9/h2-5,11-12H,6-8H2,1H3/t11-,12+/m0/s1. The summed E-state index contributed by atoms with van der Waals surface area (Å²) < 4.78 is 23.2. The van der Waals surface area contributed by atoms with Crippen molar-refractivity contribution in [3.8, 4) is 0 Å². The molecule has 0 unspecified atom stereocenters. The number of sulfone groups is 1. The van der Waals surface area contributed by atoms with Crippen molar-refractivity contribution in [1.82, 2.24) is 4.90 Å². The van der Waals surface area contributed by atoms with E-state index in [1.54, 1.807) is 11.8 Å². The van der Waals surface area contributed by atoms with E-state index < -0.39 is 9.84 Å². The van der Waals surface area contributed by atoms with Gasteiger partial charge in [-0.25, -0.2) is 8.42 Å². The summed E-state index contributed by atoms with van der Waals surface area (Å²) in [4.78, 5) is 6.56. The van der Waals surface area contributed by atoms with E-state index in [0.717, 1.165) is 21.5 Å². The molecular formula is C13H15ClN2O2S2. The highest BCUT2D eigenvalue weighted by Gasteiger charge is 2.44. The van der Waals surface area contributed by atoms with Gasteiger partial charge in [0.15, 0.2) is 15.0 Å². The lowest BCUT2D eigenvalue weighted by molar-refractivity contribution is 0.410. The quantitative estimate of drug-likeness (QED) is 0.832. The second kappa shape index (κ2) is 5.24. The Balaban J connectivity index is 1.68. The number of thioether (sulfide) groups is 1. The van der Waals surface area contributed by atoms with Crippen molar-refractivity contribution in [3.63, 3.8) is 0 Å². The van der Waals surface area contributed by atoms with Crippen LogP contribution >= 0.6 is 23.4 Å². The summed E-state index contributed by atoms with van der Waals surface area (Å²) in [6.45, 7) is 0. The zero-order chi connectivity index (χ0) is 14.3. The molecule has 0 bridgehead atoms. The maximum Gasteiger partial charge on any atom is 0.159 e. The van der Waals surface area contributed by atoms with Crippen LogP contribution in [0.15, 0.2) is 29.3 Å². The maximum atomic E-state index is 11.6. The zero-order valence-corrected chi connectivity index (χ0v) is 13.4. The topological polar surface area (TPSA) is 49.7 Å². The molecule has 4 nitrogen and oxygen atoms in total. The maximum absolute atomic E-state index is 11.6. The number of rotatable bonds is 2. The predicted molar refractivity (Wildman–Crippen MR) is 84.2 cm³/mol. The zero-order valence-electron chi connectivity index (χ0n) is 11.0. The molecule has 108 valence electrons. The third-order valence-electron chi connectivity index (χ3n) is 3.63. The predicted octanol–water partition coefficient (Wildman–Crippen LogP) is 2.04. The highest BCUT2D eigenvalue weighted by atomic mass is 35.5. The minimum atomic E-state index is -2.91. The third-order valence-corrected chi connectivity index (χ3v) is 6.69. The lowest BCUT2D eigenvalue weighted by atomic mass is 10.2. The van der Waals surface area contributed by atoms with Crippen LogP contribution < -0.4 is 0 Å². The Morgan fingerprint density at radius 1 is 1.45 bits per heavy atom. The van der Waals surface area contributed by atoms with E-state index in [4.69, 9.17) is 11.6 Å². The number of nitrogens with zero attached hydrogens (tertiary/aromatic N) is 2. The second-order valence-corrected chi connectivity index (χ2v) is 8.69. The lowest BCUT2D eigenvalue weighted by Crippen LogP contribution is -2.35. The summed E-state index contributed by atoms with van der Waals surface area (Å²) in [6, 6.07) is 7.67. The molecule has 0 aliphatic carbocycles. The van der Waals surface area contributed by atoms with Crippen LogP contribution in [0, 0.1) is 0 Å². The minimum absolute atomic E-state index is 0.0156. The van der Waals surface area contributed by atoms with Gasteiger partial charge in [-0.1, -0.05) is 35.5 Å². The molecule has 2 aliphatic rings. The van der Waals surface area contributed by atoms with Gasteiger partial charge in [0.25, 0.3) is 0 Å². The SMILES string of the molecule is CN1C(SCc2cccc(Cl)c2)=N[C@H]2CS(=O)(=O)C[C@H]21. The van der Waals surface area contributed by atoms with Gasteiger partial charge in [0, 0.05) is 17.8 Å². The molecule has 1 saturated heterocycles. The average Bonchev–Trinajstić information content (AvgIpc) is 2.81. The van der Waals surface area contributed by atoms with E-state index >= 15 is 0 Å². The molecule has 2 atom stereocenters. The van der Waals surface area contributed by atoms with Crippen LogP contribution in [0.4, 0.5) is 0 Å². The first-order chi connectivity index (χ1) is 9.44. The second-order valence-electron chi connectivity index (χ2n) is 5.15. The van der Waals surface area contributed by atoms with Gasteiger partial charge < -0.3 is 4.90 Å². The van der Waals surface area contributed by atoms with Crippen LogP contribution in [0.2, 0.25) is 5.02 Å². The van der Waals surface area contributed by atoms with E-state index in [1.807, 2.05) is 36.2 Å². The van der Waals surface area contributed by atoms with E-state index in [0.29, 0.717) is 0 Å². The molecule has 20 heavy (non-hydrogen) atoms. The molecule has 0 amide bonds. The Morgan fingerprint density at radius 2 is 2.25 bits per heavy atom. The number of aliphatic imine (C=N–C) groups is 1. The first-order valence-electron chi connectivity index (χ1n) is 6.33. The Kier molecular flexibility index (Phi) is 3.73. The average molecular weight is 331 g/mol. The van der Waals surface area contributed by atoms with Gasteiger partial charge in [-0.2, -0.15) is 0 Å². The molecular weight excluding hydrogens is 316 g/mol. The van der Waals surface area contributed by atoms with E-state index in [9.17, 15) is 8.42 Å². The van der Waals surface area contributed by atoms with Gasteiger partial charge in [0.2, 0.25) is 0 Å². The normalized spacial score (nSPS) is 27.5. The van der Waals surface area contributed by atoms with Crippen molar-refractivity contribution < 1.29 is 8.42 Å². The molecule has 0 radical (unpaired) electrons. The monoisotopic (exact) mass is 330 g/mol. The summed E-state index contributed by atoms with van der Waals surface area (Å²) in [5, 5.41) is 1.66. The van der Waals surface area contributed by atoms with Crippen molar-refractivity contribution >= 4 is 38.4 Å². The molecule has 3 rings (SSSR count). The van der Waals surface area contributed by atoms with E-state index in [2.05, 4.69) is 4.99 Å². The largest absolute Gasteiger partial charge is 0.348 e. The van der Waals surface area contributed by atoms with Crippen LogP contribution in [-0.4, -0.2) is 49.1 Å². The van der Waals surface area contributed by atoms with Gasteiger partial charge in [0.05, 0.1) is 23.6 Å². The van der Waals surface area contributed by atoms with Crippen molar-refractivity contribution in [1.29, 1.82) is 0 Å². The van der Waals surface area contributed by atoms with Crippen molar-refractivity contribution in [2.24, 2.45) is 4.99 Å². The van der Waals surface area contributed by atoms with Gasteiger partial charge in [-0.3, -0.25) is 4.99 Å². The van der Waals surface area contributed by atoms with E-state index in [1.165, 1.54) is 0 Å². The molecule has 2 aliphatic heterocycles. The molecule has 7 heteroatoms. The van der Waals surface area contributed by atoms with Gasteiger partial charge in [-0.15, -0.1) is 0 Å². The number of hydrogen-bond acceptors (Lipinski definition) is 5. The van der Waals surface area contributed by atoms with Crippen LogP contribution in [0.3, 0.4) is 0 Å². The van der Waals surface area contributed by atoms with Gasteiger partial charge in [-0.05, 0) is 17.7 Å². The van der Waals surface area contributed by atoms with Crippen LogP contribution in [0.1, 0.15) is 5.56 Å². The lowest BCUT2D eigenvalue weighted by Gasteiger charge is -2.20. The molecule has 0 saturated carbocycles. The minimum Gasteiger partial charge on any atom is -0.348 e. The summed E-state index contributed by atoms with van der Waals surface area (Å²) in [5.74, 6) is 1.19.